The van der Waals surface area contributed by atoms with Gasteiger partial charge in [-0.15, -0.1) is 0 Å². The van der Waals surface area contributed by atoms with Gasteiger partial charge in [0, 0.05) is 50.0 Å². The van der Waals surface area contributed by atoms with Crippen molar-refractivity contribution in [3.63, 3.8) is 0 Å². The van der Waals surface area contributed by atoms with E-state index in [4.69, 9.17) is 0 Å². The van der Waals surface area contributed by atoms with Crippen molar-refractivity contribution >= 4 is 11.6 Å². The van der Waals surface area contributed by atoms with Gasteiger partial charge < -0.3 is 9.80 Å². The van der Waals surface area contributed by atoms with Crippen LogP contribution in [0.3, 0.4) is 0 Å². The van der Waals surface area contributed by atoms with Crippen molar-refractivity contribution in [1.82, 2.24) is 24.7 Å². The molecule has 2 aromatic rings. The highest BCUT2D eigenvalue weighted by Crippen LogP contribution is 2.34. The number of hydrogen-bond acceptors (Lipinski definition) is 5. The standard InChI is InChI=1S/C27H34F3N5O/c1-18-16-34(14-15-35(18)21(4)22-6-8-23(9-7-22)27(28,29)30)26(5)10-12-33(13-11-26)25(36)24-19(2)31-17-32-20(24)3/h6-9,17-18H,4,10-16H2,1-3,5H3/t18-/m0/s1. The molecule has 36 heavy (non-hydrogen) atoms. The lowest BCUT2D eigenvalue weighted by Crippen LogP contribution is -2.61. The zero-order valence-corrected chi connectivity index (χ0v) is 21.4. The van der Waals surface area contributed by atoms with Crippen LogP contribution in [0, 0.1) is 13.8 Å². The number of benzene rings is 1. The molecule has 9 heteroatoms. The van der Waals surface area contributed by atoms with Gasteiger partial charge in [-0.05, 0) is 58.2 Å². The summed E-state index contributed by atoms with van der Waals surface area (Å²) >= 11 is 0. The van der Waals surface area contributed by atoms with Crippen LogP contribution in [0.25, 0.3) is 5.70 Å². The van der Waals surface area contributed by atoms with Crippen molar-refractivity contribution in [1.29, 1.82) is 0 Å². The Bertz CT molecular complexity index is 1100. The van der Waals surface area contributed by atoms with E-state index in [1.807, 2.05) is 18.7 Å². The zero-order chi connectivity index (χ0) is 26.3. The van der Waals surface area contributed by atoms with Crippen molar-refractivity contribution < 1.29 is 18.0 Å². The second-order valence-electron chi connectivity index (χ2n) is 10.2. The number of nitrogens with zero attached hydrogens (tertiary/aromatic N) is 5. The Balaban J connectivity index is 1.37. The van der Waals surface area contributed by atoms with Gasteiger partial charge in [0.2, 0.25) is 0 Å². The van der Waals surface area contributed by atoms with Crippen LogP contribution in [-0.2, 0) is 6.18 Å². The first-order valence-corrected chi connectivity index (χ1v) is 12.4. The van der Waals surface area contributed by atoms with E-state index in [1.165, 1.54) is 18.5 Å². The number of carbonyl (C=O) groups excluding carboxylic acids is 1. The molecule has 0 bridgehead atoms. The lowest BCUT2D eigenvalue weighted by molar-refractivity contribution is -0.137. The zero-order valence-electron chi connectivity index (χ0n) is 21.4. The van der Waals surface area contributed by atoms with Crippen molar-refractivity contribution in [2.24, 2.45) is 0 Å². The third-order valence-electron chi connectivity index (χ3n) is 7.85. The minimum Gasteiger partial charge on any atom is -0.366 e. The fraction of sp³-hybridized carbons (Fsp3) is 0.519. The third-order valence-corrected chi connectivity index (χ3v) is 7.85. The Morgan fingerprint density at radius 1 is 1.03 bits per heavy atom. The van der Waals surface area contributed by atoms with E-state index in [-0.39, 0.29) is 17.5 Å². The molecular formula is C27H34F3N5O. The molecule has 3 heterocycles. The number of likely N-dealkylation sites (tertiary alicyclic amines) is 1. The Hall–Kier alpha value is -2.94. The molecule has 1 aromatic carbocycles. The predicted octanol–water partition coefficient (Wildman–Crippen LogP) is 4.78. The van der Waals surface area contributed by atoms with E-state index in [0.717, 1.165) is 50.3 Å². The van der Waals surface area contributed by atoms with E-state index in [2.05, 4.69) is 40.2 Å². The molecule has 0 radical (unpaired) electrons. The van der Waals surface area contributed by atoms with Gasteiger partial charge >= 0.3 is 6.18 Å². The van der Waals surface area contributed by atoms with Gasteiger partial charge in [-0.1, -0.05) is 18.7 Å². The second kappa shape index (κ2) is 9.84. The Morgan fingerprint density at radius 2 is 1.61 bits per heavy atom. The first kappa shape index (κ1) is 26.1. The molecule has 0 saturated carbocycles. The number of alkyl halides is 3. The number of aryl methyl sites for hydroxylation is 2. The topological polar surface area (TPSA) is 52.6 Å². The van der Waals surface area contributed by atoms with E-state index >= 15 is 0 Å². The molecule has 4 rings (SSSR count). The molecule has 2 aliphatic rings. The summed E-state index contributed by atoms with van der Waals surface area (Å²) in [6.07, 6.45) is -1.11. The fourth-order valence-electron chi connectivity index (χ4n) is 5.43. The molecule has 0 spiro atoms. The maximum absolute atomic E-state index is 13.2. The molecule has 1 amide bonds. The first-order valence-electron chi connectivity index (χ1n) is 12.4. The van der Waals surface area contributed by atoms with Crippen LogP contribution in [0.4, 0.5) is 13.2 Å². The Morgan fingerprint density at radius 3 is 2.14 bits per heavy atom. The monoisotopic (exact) mass is 501 g/mol. The molecule has 6 nitrogen and oxygen atoms in total. The van der Waals surface area contributed by atoms with Gasteiger partial charge in [0.15, 0.2) is 0 Å². The van der Waals surface area contributed by atoms with Gasteiger partial charge in [-0.25, -0.2) is 9.97 Å². The summed E-state index contributed by atoms with van der Waals surface area (Å²) in [5, 5.41) is 0. The number of aromatic nitrogens is 2. The molecule has 2 saturated heterocycles. The molecule has 0 N–H and O–H groups in total. The van der Waals surface area contributed by atoms with Crippen LogP contribution < -0.4 is 0 Å². The average Bonchev–Trinajstić information content (AvgIpc) is 2.83. The molecule has 2 aliphatic heterocycles. The number of rotatable bonds is 4. The maximum Gasteiger partial charge on any atom is 0.416 e. The van der Waals surface area contributed by atoms with Crippen molar-refractivity contribution in [3.8, 4) is 0 Å². The summed E-state index contributed by atoms with van der Waals surface area (Å²) in [6.45, 7) is 16.0. The van der Waals surface area contributed by atoms with Crippen LogP contribution >= 0.6 is 0 Å². The number of amides is 1. The van der Waals surface area contributed by atoms with Gasteiger partial charge in [-0.3, -0.25) is 9.69 Å². The summed E-state index contributed by atoms with van der Waals surface area (Å²) in [5.41, 5.74) is 2.79. The van der Waals surface area contributed by atoms with Crippen molar-refractivity contribution in [3.05, 3.63) is 65.2 Å². The fourth-order valence-corrected chi connectivity index (χ4v) is 5.43. The van der Waals surface area contributed by atoms with E-state index in [1.54, 1.807) is 0 Å². The Kier molecular flexibility index (Phi) is 7.14. The summed E-state index contributed by atoms with van der Waals surface area (Å²) in [5.74, 6) is -0.00122. The third kappa shape index (κ3) is 5.12. The molecule has 2 fully saturated rings. The first-order chi connectivity index (χ1) is 16.9. The Labute approximate surface area is 210 Å². The molecule has 1 atom stereocenters. The highest BCUT2D eigenvalue weighted by atomic mass is 19.4. The lowest BCUT2D eigenvalue weighted by Gasteiger charge is -2.52. The lowest BCUT2D eigenvalue weighted by atomic mass is 9.86. The van der Waals surface area contributed by atoms with Crippen LogP contribution in [0.1, 0.15) is 59.6 Å². The van der Waals surface area contributed by atoms with Crippen molar-refractivity contribution in [2.45, 2.75) is 58.3 Å². The highest BCUT2D eigenvalue weighted by Gasteiger charge is 2.40. The molecule has 0 unspecified atom stereocenters. The van der Waals surface area contributed by atoms with Gasteiger partial charge in [0.05, 0.1) is 22.5 Å². The normalized spacial score (nSPS) is 20.9. The number of halogens is 3. The second-order valence-corrected chi connectivity index (χ2v) is 10.2. The van der Waals surface area contributed by atoms with Gasteiger partial charge in [0.25, 0.3) is 5.91 Å². The van der Waals surface area contributed by atoms with Gasteiger partial charge in [-0.2, -0.15) is 13.2 Å². The van der Waals surface area contributed by atoms with Gasteiger partial charge in [0.1, 0.15) is 6.33 Å². The minimum absolute atomic E-state index is 0.00122. The number of piperidine rings is 1. The predicted molar refractivity (Wildman–Crippen MR) is 133 cm³/mol. The summed E-state index contributed by atoms with van der Waals surface area (Å²) in [6, 6.07) is 5.39. The molecule has 0 aliphatic carbocycles. The summed E-state index contributed by atoms with van der Waals surface area (Å²) in [4.78, 5) is 28.1. The number of carbonyl (C=O) groups is 1. The van der Waals surface area contributed by atoms with E-state index in [9.17, 15) is 18.0 Å². The SMILES string of the molecule is C=C(c1ccc(C(F)(F)F)cc1)N1CCN(C2(C)CCN(C(=O)c3c(C)ncnc3C)CC2)C[C@@H]1C. The van der Waals surface area contributed by atoms with Crippen LogP contribution in [0.15, 0.2) is 37.2 Å². The average molecular weight is 502 g/mol. The quantitative estimate of drug-likeness (QED) is 0.604. The van der Waals surface area contributed by atoms with Crippen LogP contribution in [-0.4, -0.2) is 74.9 Å². The van der Waals surface area contributed by atoms with E-state index in [0.29, 0.717) is 35.6 Å². The summed E-state index contributed by atoms with van der Waals surface area (Å²) < 4.78 is 38.8. The summed E-state index contributed by atoms with van der Waals surface area (Å²) in [7, 11) is 0. The van der Waals surface area contributed by atoms with Crippen molar-refractivity contribution in [2.75, 3.05) is 32.7 Å². The van der Waals surface area contributed by atoms with Crippen LogP contribution in [0.2, 0.25) is 0 Å². The smallest absolute Gasteiger partial charge is 0.366 e. The maximum atomic E-state index is 13.2. The molecule has 1 aromatic heterocycles. The largest absolute Gasteiger partial charge is 0.416 e. The van der Waals surface area contributed by atoms with Crippen LogP contribution in [0.5, 0.6) is 0 Å². The minimum atomic E-state index is -4.35. The van der Waals surface area contributed by atoms with E-state index < -0.39 is 11.7 Å². The molecule has 194 valence electrons. The number of hydrogen-bond donors (Lipinski definition) is 0. The highest BCUT2D eigenvalue weighted by molar-refractivity contribution is 5.96. The molecular weight excluding hydrogens is 467 g/mol. The number of piperazine rings is 1.